The number of likely N-dealkylation sites (tertiary alicyclic amines) is 1. The number of aromatic amines is 1. The number of halogens is 1. The van der Waals surface area contributed by atoms with E-state index in [-0.39, 0.29) is 28.4 Å². The van der Waals surface area contributed by atoms with Gasteiger partial charge in [0.15, 0.2) is 5.43 Å². The number of carbonyl (C=O) groups is 1. The van der Waals surface area contributed by atoms with E-state index >= 15 is 0 Å². The van der Waals surface area contributed by atoms with Crippen molar-refractivity contribution in [2.45, 2.75) is 12.8 Å². The molecule has 29 heavy (non-hydrogen) atoms. The molecule has 0 aliphatic carbocycles. The average Bonchev–Trinajstić information content (AvgIpc) is 2.67. The number of primary sulfonamides is 1. The predicted octanol–water partition coefficient (Wildman–Crippen LogP) is 1.96. The van der Waals surface area contributed by atoms with Gasteiger partial charge in [-0.05, 0) is 55.2 Å². The van der Waals surface area contributed by atoms with Crippen LogP contribution in [0.4, 0.5) is 4.39 Å². The largest absolute Gasteiger partial charge is 0.354 e. The van der Waals surface area contributed by atoms with Crippen LogP contribution in [-0.2, 0) is 10.0 Å². The fourth-order valence-electron chi connectivity index (χ4n) is 3.97. The van der Waals surface area contributed by atoms with Gasteiger partial charge in [-0.25, -0.2) is 17.9 Å². The Morgan fingerprint density at radius 3 is 2.59 bits per heavy atom. The van der Waals surface area contributed by atoms with Crippen LogP contribution in [-0.4, -0.2) is 43.1 Å². The summed E-state index contributed by atoms with van der Waals surface area (Å²) in [6.45, 7) is 0.809. The summed E-state index contributed by atoms with van der Waals surface area (Å²) in [5.74, 6) is -1.15. The lowest BCUT2D eigenvalue weighted by Crippen LogP contribution is -2.42. The minimum atomic E-state index is -3.61. The van der Waals surface area contributed by atoms with E-state index in [0.717, 1.165) is 0 Å². The van der Waals surface area contributed by atoms with Crippen LogP contribution in [0.5, 0.6) is 0 Å². The van der Waals surface area contributed by atoms with Crippen molar-refractivity contribution in [3.8, 4) is 0 Å². The van der Waals surface area contributed by atoms with Gasteiger partial charge in [0.05, 0.1) is 5.75 Å². The Hall–Kier alpha value is -2.78. The third-order valence-corrected chi connectivity index (χ3v) is 6.22. The molecule has 9 heteroatoms. The molecular formula is C20H20FN3O4S. The maximum Gasteiger partial charge on any atom is 0.253 e. The molecule has 1 atom stereocenters. The van der Waals surface area contributed by atoms with Crippen LogP contribution in [0.25, 0.3) is 21.8 Å². The molecule has 7 nitrogen and oxygen atoms in total. The second kappa shape index (κ2) is 7.23. The van der Waals surface area contributed by atoms with E-state index in [2.05, 4.69) is 4.98 Å². The van der Waals surface area contributed by atoms with Gasteiger partial charge in [0.1, 0.15) is 5.82 Å². The zero-order valence-electron chi connectivity index (χ0n) is 15.5. The topological polar surface area (TPSA) is 113 Å². The van der Waals surface area contributed by atoms with E-state index in [9.17, 15) is 22.4 Å². The summed E-state index contributed by atoms with van der Waals surface area (Å²) in [6, 6.07) is 8.73. The lowest BCUT2D eigenvalue weighted by molar-refractivity contribution is 0.0684. The predicted molar refractivity (Wildman–Crippen MR) is 109 cm³/mol. The molecule has 0 bridgehead atoms. The molecule has 2 heterocycles. The molecule has 2 aromatic carbocycles. The molecule has 1 unspecified atom stereocenters. The van der Waals surface area contributed by atoms with Crippen LogP contribution < -0.4 is 10.6 Å². The van der Waals surface area contributed by atoms with E-state index < -0.39 is 15.8 Å². The van der Waals surface area contributed by atoms with Crippen LogP contribution >= 0.6 is 0 Å². The highest BCUT2D eigenvalue weighted by Gasteiger charge is 2.27. The molecule has 0 spiro atoms. The Morgan fingerprint density at radius 2 is 1.86 bits per heavy atom. The lowest BCUT2D eigenvalue weighted by Gasteiger charge is -2.32. The van der Waals surface area contributed by atoms with Gasteiger partial charge < -0.3 is 9.88 Å². The number of piperidine rings is 1. The molecule has 1 amide bonds. The zero-order chi connectivity index (χ0) is 20.8. The smallest absolute Gasteiger partial charge is 0.253 e. The van der Waals surface area contributed by atoms with Gasteiger partial charge in [0.2, 0.25) is 10.0 Å². The van der Waals surface area contributed by atoms with E-state index in [1.165, 1.54) is 24.3 Å². The van der Waals surface area contributed by atoms with Crippen LogP contribution in [0, 0.1) is 11.7 Å². The first-order valence-corrected chi connectivity index (χ1v) is 11.0. The molecular weight excluding hydrogens is 397 g/mol. The van der Waals surface area contributed by atoms with Crippen molar-refractivity contribution < 1.29 is 17.6 Å². The van der Waals surface area contributed by atoms with Crippen molar-refractivity contribution in [2.24, 2.45) is 11.1 Å². The Morgan fingerprint density at radius 1 is 1.17 bits per heavy atom. The molecule has 0 saturated carbocycles. The zero-order valence-corrected chi connectivity index (χ0v) is 16.3. The number of nitrogens with one attached hydrogen (secondary N) is 1. The normalized spacial score (nSPS) is 17.7. The first-order valence-electron chi connectivity index (χ1n) is 9.26. The fourth-order valence-corrected chi connectivity index (χ4v) is 4.90. The van der Waals surface area contributed by atoms with Crippen LogP contribution in [0.1, 0.15) is 23.2 Å². The van der Waals surface area contributed by atoms with Crippen molar-refractivity contribution in [3.63, 3.8) is 0 Å². The van der Waals surface area contributed by atoms with E-state index in [4.69, 9.17) is 5.14 Å². The van der Waals surface area contributed by atoms with Crippen molar-refractivity contribution in [1.82, 2.24) is 9.88 Å². The fraction of sp³-hybridized carbons (Fsp3) is 0.300. The number of nitrogens with zero attached hydrogens (tertiary/aromatic N) is 1. The summed E-state index contributed by atoms with van der Waals surface area (Å²) in [5.41, 5.74) is 1.05. The minimum absolute atomic E-state index is 0.161. The summed E-state index contributed by atoms with van der Waals surface area (Å²) >= 11 is 0. The van der Waals surface area contributed by atoms with Gasteiger partial charge in [0.25, 0.3) is 5.91 Å². The van der Waals surface area contributed by atoms with Crippen LogP contribution in [0.3, 0.4) is 0 Å². The second-order valence-corrected chi connectivity index (χ2v) is 9.15. The number of aromatic nitrogens is 1. The Kier molecular flexibility index (Phi) is 4.87. The highest BCUT2D eigenvalue weighted by Crippen LogP contribution is 2.22. The van der Waals surface area contributed by atoms with Crippen molar-refractivity contribution in [1.29, 1.82) is 0 Å². The standard InChI is InChI=1S/C20H20FN3O4S/c21-14-4-6-18-16(9-14)19(25)15-8-13(3-5-17(15)23-18)20(26)24-7-1-2-12(10-24)11-29(22,27)28/h3-6,8-9,12H,1-2,7,10-11H2,(H,23,25)(H2,22,27,28). The highest BCUT2D eigenvalue weighted by molar-refractivity contribution is 7.89. The van der Waals surface area contributed by atoms with Gasteiger partial charge in [-0.15, -0.1) is 0 Å². The van der Waals surface area contributed by atoms with Crippen LogP contribution in [0.15, 0.2) is 41.2 Å². The van der Waals surface area contributed by atoms with E-state index in [0.29, 0.717) is 47.9 Å². The number of pyridine rings is 1. The molecule has 1 aliphatic heterocycles. The number of carbonyl (C=O) groups excluding carboxylic acids is 1. The number of fused-ring (bicyclic) bond motifs is 2. The molecule has 1 aromatic heterocycles. The van der Waals surface area contributed by atoms with Gasteiger partial charge in [-0.3, -0.25) is 9.59 Å². The number of nitrogens with two attached hydrogens (primary N) is 1. The third kappa shape index (κ3) is 4.01. The maximum atomic E-state index is 13.6. The second-order valence-electron chi connectivity index (χ2n) is 7.49. The molecule has 0 radical (unpaired) electrons. The van der Waals surface area contributed by atoms with Crippen LogP contribution in [0.2, 0.25) is 0 Å². The number of benzene rings is 2. The number of hydrogen-bond donors (Lipinski definition) is 2. The molecule has 3 aromatic rings. The van der Waals surface area contributed by atoms with Gasteiger partial charge in [-0.1, -0.05) is 0 Å². The summed E-state index contributed by atoms with van der Waals surface area (Å²) in [5, 5.41) is 5.65. The Labute approximate surface area is 166 Å². The molecule has 4 rings (SSSR count). The van der Waals surface area contributed by atoms with E-state index in [1.54, 1.807) is 17.0 Å². The molecule has 1 saturated heterocycles. The Balaban J connectivity index is 1.68. The lowest BCUT2D eigenvalue weighted by atomic mass is 9.99. The Bertz CT molecular complexity index is 1290. The number of hydrogen-bond acceptors (Lipinski definition) is 4. The molecule has 1 fully saturated rings. The average molecular weight is 417 g/mol. The van der Waals surface area contributed by atoms with Crippen molar-refractivity contribution >= 4 is 37.7 Å². The molecule has 1 aliphatic rings. The summed E-state index contributed by atoms with van der Waals surface area (Å²) in [7, 11) is -3.61. The monoisotopic (exact) mass is 417 g/mol. The number of rotatable bonds is 3. The first-order chi connectivity index (χ1) is 13.7. The number of sulfonamides is 1. The maximum absolute atomic E-state index is 13.6. The summed E-state index contributed by atoms with van der Waals surface area (Å²) in [4.78, 5) is 30.4. The quantitative estimate of drug-likeness (QED) is 0.634. The van der Waals surface area contributed by atoms with Crippen molar-refractivity contribution in [3.05, 3.63) is 58.0 Å². The number of amides is 1. The molecule has 152 valence electrons. The SMILES string of the molecule is NS(=O)(=O)CC1CCCN(C(=O)c2ccc3[nH]c4ccc(F)cc4c(=O)c3c2)C1. The van der Waals surface area contributed by atoms with Gasteiger partial charge in [0, 0.05) is 40.5 Å². The van der Waals surface area contributed by atoms with E-state index in [1.807, 2.05) is 0 Å². The minimum Gasteiger partial charge on any atom is -0.354 e. The molecule has 3 N–H and O–H groups in total. The van der Waals surface area contributed by atoms with Gasteiger partial charge in [-0.2, -0.15) is 0 Å². The third-order valence-electron chi connectivity index (χ3n) is 5.28. The van der Waals surface area contributed by atoms with Gasteiger partial charge >= 0.3 is 0 Å². The highest BCUT2D eigenvalue weighted by atomic mass is 32.2. The number of H-pyrrole nitrogens is 1. The van der Waals surface area contributed by atoms with Crippen molar-refractivity contribution in [2.75, 3.05) is 18.8 Å². The first kappa shape index (κ1) is 19.5. The summed E-state index contributed by atoms with van der Waals surface area (Å²) < 4.78 is 36.3. The summed E-state index contributed by atoms with van der Waals surface area (Å²) in [6.07, 6.45) is 1.37.